The van der Waals surface area contributed by atoms with Crippen LogP contribution >= 0.6 is 46.2 Å². The number of aliphatic carboxylic acids is 2. The quantitative estimate of drug-likeness (QED) is 0.275. The standard InChI is InChI=1S/C19H17N3O6S4.Na/c23-12(6-10-2-1-5-29-10)21-14-16(26)22-15(18(27)28)11(8-30-17(14)22)32-19-20-9(7-31-19)3-4-13(24)25;/h1-2,5,7,14,17H,3-4,6,8H2,(H,21,23)(H,24,25)(H,27,28);/q;+1/p-1/t14-,17-;/m1./s1. The second-order valence-corrected chi connectivity index (χ2v) is 11.2. The van der Waals surface area contributed by atoms with Gasteiger partial charge >= 0.3 is 35.5 Å². The third-order valence-electron chi connectivity index (χ3n) is 4.69. The van der Waals surface area contributed by atoms with Crippen molar-refractivity contribution in [2.75, 3.05) is 5.75 Å². The molecule has 168 valence electrons. The van der Waals surface area contributed by atoms with Crippen LogP contribution < -0.4 is 40.0 Å². The second-order valence-electron chi connectivity index (χ2n) is 6.87. The zero-order chi connectivity index (χ0) is 22.8. The van der Waals surface area contributed by atoms with E-state index in [1.807, 2.05) is 17.5 Å². The summed E-state index contributed by atoms with van der Waals surface area (Å²) < 4.78 is 0.562. The molecule has 2 aromatic heterocycles. The summed E-state index contributed by atoms with van der Waals surface area (Å²) in [6, 6.07) is 2.89. The average molecular weight is 534 g/mol. The van der Waals surface area contributed by atoms with Gasteiger partial charge < -0.3 is 20.3 Å². The van der Waals surface area contributed by atoms with E-state index >= 15 is 0 Å². The second kappa shape index (κ2) is 11.4. The van der Waals surface area contributed by atoms with Crippen molar-refractivity contribution < 1.29 is 58.9 Å². The molecule has 33 heavy (non-hydrogen) atoms. The molecule has 0 spiro atoms. The number of hydrogen-bond acceptors (Lipinski definition) is 10. The number of thiophene rings is 1. The van der Waals surface area contributed by atoms with Gasteiger partial charge in [-0.1, -0.05) is 17.8 Å². The number of carbonyl (C=O) groups is 4. The largest absolute Gasteiger partial charge is 1.00 e. The molecule has 14 heteroatoms. The zero-order valence-corrected chi connectivity index (χ0v) is 22.6. The Bertz CT molecular complexity index is 1100. The number of thiazole rings is 1. The molecule has 0 unspecified atom stereocenters. The van der Waals surface area contributed by atoms with E-state index in [1.165, 1.54) is 39.3 Å². The van der Waals surface area contributed by atoms with Crippen molar-refractivity contribution in [3.8, 4) is 0 Å². The molecule has 2 N–H and O–H groups in total. The molecule has 2 aliphatic heterocycles. The normalized spacial score (nSPS) is 19.4. The Balaban J connectivity index is 0.00000306. The number of aromatic nitrogens is 1. The summed E-state index contributed by atoms with van der Waals surface area (Å²) in [5, 5.41) is 26.4. The Hall–Kier alpha value is -1.35. The van der Waals surface area contributed by atoms with Crippen molar-refractivity contribution in [3.05, 3.63) is 44.1 Å². The van der Waals surface area contributed by atoms with E-state index in [2.05, 4.69) is 10.3 Å². The first kappa shape index (κ1) is 26.3. The molecule has 2 aliphatic rings. The van der Waals surface area contributed by atoms with Crippen LogP contribution in [0.4, 0.5) is 0 Å². The van der Waals surface area contributed by atoms with Gasteiger partial charge in [-0.3, -0.25) is 19.3 Å². The predicted octanol–water partition coefficient (Wildman–Crippen LogP) is -2.08. The van der Waals surface area contributed by atoms with Gasteiger partial charge in [0.1, 0.15) is 11.4 Å². The van der Waals surface area contributed by atoms with Gasteiger partial charge in [-0.15, -0.1) is 34.4 Å². The number of β-lactam (4-membered cyclic amide) rings is 1. The zero-order valence-electron chi connectivity index (χ0n) is 17.3. The monoisotopic (exact) mass is 533 g/mol. The Kier molecular flexibility index (Phi) is 9.06. The summed E-state index contributed by atoms with van der Waals surface area (Å²) in [5.41, 5.74) is 0.417. The first-order chi connectivity index (χ1) is 15.3. The summed E-state index contributed by atoms with van der Waals surface area (Å²) >= 11 is 5.23. The molecular weight excluding hydrogens is 517 g/mol. The number of carbonyl (C=O) groups excluding carboxylic acids is 3. The van der Waals surface area contributed by atoms with E-state index in [9.17, 15) is 24.3 Å². The van der Waals surface area contributed by atoms with Crippen LogP contribution in [0.15, 0.2) is 37.8 Å². The van der Waals surface area contributed by atoms with Crippen molar-refractivity contribution >= 4 is 70.0 Å². The van der Waals surface area contributed by atoms with Crippen LogP contribution in [0.1, 0.15) is 17.0 Å². The third-order valence-corrected chi connectivity index (χ3v) is 9.10. The van der Waals surface area contributed by atoms with E-state index in [0.717, 1.165) is 16.6 Å². The Morgan fingerprint density at radius 2 is 2.12 bits per heavy atom. The van der Waals surface area contributed by atoms with Gasteiger partial charge in [-0.25, -0.2) is 4.98 Å². The maximum atomic E-state index is 12.7. The Morgan fingerprint density at radius 1 is 1.33 bits per heavy atom. The van der Waals surface area contributed by atoms with Crippen molar-refractivity contribution in [1.82, 2.24) is 15.2 Å². The van der Waals surface area contributed by atoms with Gasteiger partial charge in [-0.2, -0.15) is 0 Å². The van der Waals surface area contributed by atoms with E-state index in [-0.39, 0.29) is 60.4 Å². The Labute approximate surface area is 227 Å². The minimum atomic E-state index is -1.46. The van der Waals surface area contributed by atoms with Gasteiger partial charge in [0.25, 0.3) is 5.91 Å². The topological polar surface area (TPSA) is 140 Å². The van der Waals surface area contributed by atoms with E-state index in [1.54, 1.807) is 5.38 Å². The number of fused-ring (bicyclic) bond motifs is 1. The molecular formula is C19H16N3NaO6S4. The first-order valence-electron chi connectivity index (χ1n) is 9.38. The predicted molar refractivity (Wildman–Crippen MR) is 119 cm³/mol. The molecule has 4 heterocycles. The van der Waals surface area contributed by atoms with Gasteiger partial charge in [0.15, 0.2) is 4.34 Å². The van der Waals surface area contributed by atoms with Gasteiger partial charge in [0.2, 0.25) is 5.91 Å². The molecule has 0 saturated carbocycles. The van der Waals surface area contributed by atoms with E-state index < -0.39 is 29.3 Å². The van der Waals surface area contributed by atoms with Crippen LogP contribution in [-0.2, 0) is 32.0 Å². The molecule has 0 aliphatic carbocycles. The van der Waals surface area contributed by atoms with Crippen molar-refractivity contribution in [3.63, 3.8) is 0 Å². The SMILES string of the molecule is O=C(O)CCc1csc(SC2=C(C(=O)[O-])N3C(=O)[C@@H](NC(=O)Cc4cccs4)[C@H]3SC2)n1.[Na+]. The maximum Gasteiger partial charge on any atom is 1.00 e. The summed E-state index contributed by atoms with van der Waals surface area (Å²) in [7, 11) is 0. The molecule has 0 aromatic carbocycles. The van der Waals surface area contributed by atoms with Crippen molar-refractivity contribution in [2.45, 2.75) is 35.0 Å². The Morgan fingerprint density at radius 3 is 2.79 bits per heavy atom. The molecule has 9 nitrogen and oxygen atoms in total. The number of nitrogens with one attached hydrogen (secondary N) is 1. The number of carboxylic acids is 2. The van der Waals surface area contributed by atoms with Crippen LogP contribution in [0.3, 0.4) is 0 Å². The summed E-state index contributed by atoms with van der Waals surface area (Å²) in [5.74, 6) is -2.83. The number of aryl methyl sites for hydroxylation is 1. The van der Waals surface area contributed by atoms with Crippen LogP contribution in [0.5, 0.6) is 0 Å². The fourth-order valence-corrected chi connectivity index (χ4v) is 7.45. The number of amides is 2. The molecule has 2 atom stereocenters. The molecule has 0 bridgehead atoms. The molecule has 4 rings (SSSR count). The van der Waals surface area contributed by atoms with E-state index in [0.29, 0.717) is 20.7 Å². The molecule has 2 amide bonds. The minimum Gasteiger partial charge on any atom is -0.543 e. The fourth-order valence-electron chi connectivity index (χ4n) is 3.25. The van der Waals surface area contributed by atoms with Gasteiger partial charge in [0, 0.05) is 27.3 Å². The smallest absolute Gasteiger partial charge is 0.543 e. The molecule has 0 radical (unpaired) electrons. The fraction of sp³-hybridized carbons (Fsp3) is 0.316. The number of hydrogen-bond donors (Lipinski definition) is 2. The molecule has 2 aromatic rings. The third kappa shape index (κ3) is 6.02. The number of nitrogens with zero attached hydrogens (tertiary/aromatic N) is 2. The number of rotatable bonds is 9. The van der Waals surface area contributed by atoms with Crippen molar-refractivity contribution in [1.29, 1.82) is 0 Å². The first-order valence-corrected chi connectivity index (χ1v) is 13.0. The minimum absolute atomic E-state index is 0. The molecule has 1 fully saturated rings. The average Bonchev–Trinajstić information content (AvgIpc) is 3.42. The van der Waals surface area contributed by atoms with Crippen LogP contribution in [0, 0.1) is 0 Å². The maximum absolute atomic E-state index is 12.7. The van der Waals surface area contributed by atoms with Crippen LogP contribution in [-0.4, -0.2) is 55.9 Å². The van der Waals surface area contributed by atoms with Gasteiger partial charge in [0.05, 0.1) is 30.2 Å². The van der Waals surface area contributed by atoms with E-state index in [4.69, 9.17) is 5.11 Å². The number of carboxylic acid groups (broad SMARTS) is 2. The van der Waals surface area contributed by atoms with Crippen molar-refractivity contribution in [2.24, 2.45) is 0 Å². The van der Waals surface area contributed by atoms with Crippen LogP contribution in [0.2, 0.25) is 0 Å². The van der Waals surface area contributed by atoms with Crippen LogP contribution in [0.25, 0.3) is 0 Å². The number of thioether (sulfide) groups is 2. The molecule has 1 saturated heterocycles. The summed E-state index contributed by atoms with van der Waals surface area (Å²) in [4.78, 5) is 54.4. The van der Waals surface area contributed by atoms with Gasteiger partial charge in [-0.05, 0) is 11.4 Å². The summed E-state index contributed by atoms with van der Waals surface area (Å²) in [6.45, 7) is 0. The summed E-state index contributed by atoms with van der Waals surface area (Å²) in [6.07, 6.45) is 0.407.